The summed E-state index contributed by atoms with van der Waals surface area (Å²) in [5.41, 5.74) is -0.500. The lowest BCUT2D eigenvalue weighted by molar-refractivity contribution is -0.385. The Morgan fingerprint density at radius 1 is 1.60 bits per heavy atom. The van der Waals surface area contributed by atoms with Gasteiger partial charge in [0.05, 0.1) is 24.1 Å². The Hall–Kier alpha value is -2.17. The molecule has 0 radical (unpaired) electrons. The standard InChI is InChI=1S/C12H10ClN3O4/c13-10-3-1-2-9(11(10)16(18)19)12(17)15-4-5-20-8(6-14)7-15/h1-3,8H,4-5,7H2. The van der Waals surface area contributed by atoms with Crippen molar-refractivity contribution in [1.29, 1.82) is 5.26 Å². The summed E-state index contributed by atoms with van der Waals surface area (Å²) in [6.45, 7) is 0.581. The Balaban J connectivity index is 2.32. The van der Waals surface area contributed by atoms with Crippen molar-refractivity contribution in [2.24, 2.45) is 0 Å². The van der Waals surface area contributed by atoms with Crippen LogP contribution in [0.5, 0.6) is 0 Å². The van der Waals surface area contributed by atoms with Gasteiger partial charge in [-0.25, -0.2) is 0 Å². The number of nitro groups is 1. The zero-order valence-electron chi connectivity index (χ0n) is 10.3. The lowest BCUT2D eigenvalue weighted by Crippen LogP contribution is -2.45. The highest BCUT2D eigenvalue weighted by Crippen LogP contribution is 2.29. The highest BCUT2D eigenvalue weighted by molar-refractivity contribution is 6.33. The largest absolute Gasteiger partial charge is 0.360 e. The predicted molar refractivity (Wildman–Crippen MR) is 69.4 cm³/mol. The molecule has 0 aliphatic carbocycles. The van der Waals surface area contributed by atoms with Gasteiger partial charge in [-0.3, -0.25) is 14.9 Å². The molecule has 0 spiro atoms. The number of ether oxygens (including phenoxy) is 1. The van der Waals surface area contributed by atoms with E-state index in [-0.39, 0.29) is 30.3 Å². The second-order valence-electron chi connectivity index (χ2n) is 4.13. The summed E-state index contributed by atoms with van der Waals surface area (Å²) >= 11 is 5.77. The number of carbonyl (C=O) groups excluding carboxylic acids is 1. The quantitative estimate of drug-likeness (QED) is 0.610. The van der Waals surface area contributed by atoms with Crippen LogP contribution >= 0.6 is 11.6 Å². The average Bonchev–Trinajstić information content (AvgIpc) is 2.45. The average molecular weight is 296 g/mol. The summed E-state index contributed by atoms with van der Waals surface area (Å²) in [5.74, 6) is -0.525. The van der Waals surface area contributed by atoms with Gasteiger partial charge in [0, 0.05) is 6.54 Å². The van der Waals surface area contributed by atoms with E-state index in [1.54, 1.807) is 0 Å². The van der Waals surface area contributed by atoms with E-state index in [4.69, 9.17) is 21.6 Å². The second kappa shape index (κ2) is 5.86. The minimum absolute atomic E-state index is 0.0823. The highest BCUT2D eigenvalue weighted by atomic mass is 35.5. The third kappa shape index (κ3) is 2.71. The summed E-state index contributed by atoms with van der Waals surface area (Å²) in [4.78, 5) is 24.0. The number of nitrogens with zero attached hydrogens (tertiary/aromatic N) is 3. The number of carbonyl (C=O) groups is 1. The van der Waals surface area contributed by atoms with Gasteiger partial charge in [0.15, 0.2) is 6.10 Å². The number of hydrogen-bond donors (Lipinski definition) is 0. The van der Waals surface area contributed by atoms with Crippen LogP contribution in [0.1, 0.15) is 10.4 Å². The van der Waals surface area contributed by atoms with Crippen molar-refractivity contribution >= 4 is 23.2 Å². The molecule has 1 unspecified atom stereocenters. The van der Waals surface area contributed by atoms with E-state index < -0.39 is 22.6 Å². The zero-order chi connectivity index (χ0) is 14.7. The van der Waals surface area contributed by atoms with Crippen molar-refractivity contribution in [1.82, 2.24) is 4.90 Å². The van der Waals surface area contributed by atoms with Crippen molar-refractivity contribution < 1.29 is 14.5 Å². The zero-order valence-corrected chi connectivity index (χ0v) is 11.0. The molecule has 1 aliphatic rings. The molecule has 1 heterocycles. The molecule has 1 aliphatic heterocycles. The number of benzene rings is 1. The molecule has 20 heavy (non-hydrogen) atoms. The Morgan fingerprint density at radius 2 is 2.35 bits per heavy atom. The van der Waals surface area contributed by atoms with E-state index in [1.165, 1.54) is 23.1 Å². The van der Waals surface area contributed by atoms with Crippen LogP contribution in [0.25, 0.3) is 0 Å². The predicted octanol–water partition coefficient (Wildman–Crippen LogP) is 1.61. The molecule has 104 valence electrons. The Kier molecular flexibility index (Phi) is 4.17. The van der Waals surface area contributed by atoms with E-state index in [2.05, 4.69) is 0 Å². The van der Waals surface area contributed by atoms with Gasteiger partial charge >= 0.3 is 5.69 Å². The molecule has 1 aromatic carbocycles. The van der Waals surface area contributed by atoms with Crippen molar-refractivity contribution in [3.05, 3.63) is 38.9 Å². The number of nitro benzene ring substituents is 1. The topological polar surface area (TPSA) is 96.5 Å². The molecule has 0 saturated carbocycles. The molecule has 0 aromatic heterocycles. The Bertz CT molecular complexity index is 599. The minimum Gasteiger partial charge on any atom is -0.360 e. The fourth-order valence-corrected chi connectivity index (χ4v) is 2.20. The van der Waals surface area contributed by atoms with Crippen LogP contribution in [0.2, 0.25) is 5.02 Å². The summed E-state index contributed by atoms with van der Waals surface area (Å²) in [5, 5.41) is 19.7. The van der Waals surface area contributed by atoms with E-state index in [9.17, 15) is 14.9 Å². The van der Waals surface area contributed by atoms with Crippen LogP contribution in [-0.2, 0) is 4.74 Å². The summed E-state index contributed by atoms with van der Waals surface area (Å²) in [6, 6.07) is 6.10. The van der Waals surface area contributed by atoms with Gasteiger partial charge in [-0.2, -0.15) is 5.26 Å². The normalized spacial score (nSPS) is 18.4. The molecule has 7 nitrogen and oxygen atoms in total. The molecule has 1 aromatic rings. The Morgan fingerprint density at radius 3 is 3.00 bits per heavy atom. The first-order valence-electron chi connectivity index (χ1n) is 5.78. The maximum atomic E-state index is 12.3. The Labute approximate surface area is 119 Å². The molecule has 2 rings (SSSR count). The van der Waals surface area contributed by atoms with Gasteiger partial charge < -0.3 is 9.64 Å². The van der Waals surface area contributed by atoms with Gasteiger partial charge in [0.1, 0.15) is 10.6 Å². The van der Waals surface area contributed by atoms with E-state index in [0.29, 0.717) is 0 Å². The summed E-state index contributed by atoms with van der Waals surface area (Å²) < 4.78 is 5.13. The number of hydrogen-bond acceptors (Lipinski definition) is 5. The van der Waals surface area contributed by atoms with Crippen LogP contribution in [-0.4, -0.2) is 41.5 Å². The molecule has 0 N–H and O–H groups in total. The van der Waals surface area contributed by atoms with Crippen molar-refractivity contribution in [3.63, 3.8) is 0 Å². The fourth-order valence-electron chi connectivity index (χ4n) is 1.96. The molecular weight excluding hydrogens is 286 g/mol. The minimum atomic E-state index is -0.717. The van der Waals surface area contributed by atoms with Crippen LogP contribution in [0.3, 0.4) is 0 Å². The molecule has 1 amide bonds. The molecule has 0 bridgehead atoms. The van der Waals surface area contributed by atoms with Gasteiger partial charge in [0.2, 0.25) is 0 Å². The summed E-state index contributed by atoms with van der Waals surface area (Å²) in [7, 11) is 0. The third-order valence-corrected chi connectivity index (χ3v) is 3.20. The van der Waals surface area contributed by atoms with Crippen LogP contribution in [0.15, 0.2) is 18.2 Å². The van der Waals surface area contributed by atoms with E-state index in [0.717, 1.165) is 0 Å². The first-order valence-corrected chi connectivity index (χ1v) is 6.15. The third-order valence-electron chi connectivity index (χ3n) is 2.90. The lowest BCUT2D eigenvalue weighted by Gasteiger charge is -2.29. The van der Waals surface area contributed by atoms with Crippen molar-refractivity contribution in [3.8, 4) is 6.07 Å². The number of nitriles is 1. The number of halogens is 1. The second-order valence-corrected chi connectivity index (χ2v) is 4.54. The van der Waals surface area contributed by atoms with Gasteiger partial charge in [-0.15, -0.1) is 0 Å². The lowest BCUT2D eigenvalue weighted by atomic mass is 10.1. The number of morpholine rings is 1. The molecule has 1 atom stereocenters. The van der Waals surface area contributed by atoms with Crippen LogP contribution in [0, 0.1) is 21.4 Å². The highest BCUT2D eigenvalue weighted by Gasteiger charge is 2.30. The first-order chi connectivity index (χ1) is 9.54. The summed E-state index contributed by atoms with van der Waals surface area (Å²) in [6.07, 6.45) is -0.717. The smallest absolute Gasteiger partial charge is 0.300 e. The SMILES string of the molecule is N#CC1CN(C(=O)c2cccc(Cl)c2[N+](=O)[O-])CCO1. The molecular formula is C12H10ClN3O4. The van der Waals surface area contributed by atoms with Crippen LogP contribution < -0.4 is 0 Å². The van der Waals surface area contributed by atoms with Crippen molar-refractivity contribution in [2.75, 3.05) is 19.7 Å². The van der Waals surface area contributed by atoms with Gasteiger partial charge in [-0.05, 0) is 12.1 Å². The number of rotatable bonds is 2. The van der Waals surface area contributed by atoms with Crippen LogP contribution in [0.4, 0.5) is 5.69 Å². The molecule has 1 saturated heterocycles. The number of para-hydroxylation sites is 1. The first kappa shape index (κ1) is 14.2. The van der Waals surface area contributed by atoms with E-state index in [1.807, 2.05) is 6.07 Å². The maximum Gasteiger partial charge on any atom is 0.300 e. The monoisotopic (exact) mass is 295 g/mol. The van der Waals surface area contributed by atoms with Gasteiger partial charge in [0.25, 0.3) is 5.91 Å². The van der Waals surface area contributed by atoms with Gasteiger partial charge in [-0.1, -0.05) is 17.7 Å². The number of amides is 1. The fraction of sp³-hybridized carbons (Fsp3) is 0.333. The molecule has 1 fully saturated rings. The van der Waals surface area contributed by atoms with Crippen molar-refractivity contribution in [2.45, 2.75) is 6.10 Å². The molecule has 8 heteroatoms. The van der Waals surface area contributed by atoms with E-state index >= 15 is 0 Å². The maximum absolute atomic E-state index is 12.3.